The van der Waals surface area contributed by atoms with Gasteiger partial charge in [-0.15, -0.1) is 0 Å². The number of ketones is 4. The molecule has 64 heavy (non-hydrogen) atoms. The van der Waals surface area contributed by atoms with E-state index in [1.54, 1.807) is 72.8 Å². The van der Waals surface area contributed by atoms with Gasteiger partial charge in [-0.3, -0.25) is 28.8 Å². The van der Waals surface area contributed by atoms with Crippen LogP contribution in [0, 0.1) is 11.8 Å². The van der Waals surface area contributed by atoms with Crippen LogP contribution in [0.4, 0.5) is 11.4 Å². The summed E-state index contributed by atoms with van der Waals surface area (Å²) < 4.78 is 10.7. The zero-order valence-corrected chi connectivity index (χ0v) is 36.6. The van der Waals surface area contributed by atoms with Crippen molar-refractivity contribution in [2.45, 2.75) is 25.7 Å². The Balaban J connectivity index is 1.05. The van der Waals surface area contributed by atoms with Gasteiger partial charge in [0, 0.05) is 74.7 Å². The minimum atomic E-state index is -1.15. The number of carbonyl (C=O) groups is 6. The smallest absolute Gasteiger partial charge is 0.305 e. The molecule has 0 radical (unpaired) electrons. The molecule has 2 atom stereocenters. The van der Waals surface area contributed by atoms with Crippen LogP contribution in [0.1, 0.15) is 67.1 Å². The lowest BCUT2D eigenvalue weighted by atomic mass is 9.86. The van der Waals surface area contributed by atoms with Crippen molar-refractivity contribution in [1.29, 1.82) is 0 Å². The Kier molecular flexibility index (Phi) is 15.9. The lowest BCUT2D eigenvalue weighted by molar-refractivity contribution is -0.152. The molecule has 0 aromatic heterocycles. The number of carbonyl (C=O) groups excluding carboxylic acids is 6. The van der Waals surface area contributed by atoms with Crippen molar-refractivity contribution in [1.82, 2.24) is 0 Å². The standard InChI is InChI=1S/C54H52N2O8/c1-55(2)45-27-23-43(24-28-45)53(61)47(51(59)41-19-15-39(16-20-41)37-11-7-5-8-12-37)31-33-49(57)63-35-36-64-50(58)34-32-48(54(62)44-25-29-46(30-26-44)56(3)4)52(60)42-21-17-40(18-22-42)38-13-9-6-10-14-38/h5-30,47-48H,31-36H2,1-4H3. The van der Waals surface area contributed by atoms with Crippen LogP contribution < -0.4 is 9.80 Å². The van der Waals surface area contributed by atoms with Crippen LogP contribution in [-0.4, -0.2) is 76.5 Å². The van der Waals surface area contributed by atoms with Gasteiger partial charge >= 0.3 is 11.9 Å². The molecule has 6 aromatic rings. The van der Waals surface area contributed by atoms with Crippen LogP contribution in [0.2, 0.25) is 0 Å². The van der Waals surface area contributed by atoms with Gasteiger partial charge < -0.3 is 19.3 Å². The van der Waals surface area contributed by atoms with E-state index in [4.69, 9.17) is 9.47 Å². The molecule has 0 aliphatic heterocycles. The lowest BCUT2D eigenvalue weighted by Gasteiger charge is -2.17. The average molecular weight is 857 g/mol. The fourth-order valence-electron chi connectivity index (χ4n) is 7.31. The normalized spacial score (nSPS) is 11.8. The van der Waals surface area contributed by atoms with Crippen LogP contribution >= 0.6 is 0 Å². The van der Waals surface area contributed by atoms with Gasteiger partial charge in [0.15, 0.2) is 23.1 Å². The maximum absolute atomic E-state index is 13.9. The number of nitrogens with zero attached hydrogens (tertiary/aromatic N) is 2. The maximum Gasteiger partial charge on any atom is 0.305 e. The molecule has 0 aliphatic rings. The number of rotatable bonds is 21. The van der Waals surface area contributed by atoms with Crippen molar-refractivity contribution in [3.05, 3.63) is 180 Å². The van der Waals surface area contributed by atoms with E-state index in [1.807, 2.05) is 123 Å². The average Bonchev–Trinajstić information content (AvgIpc) is 3.33. The summed E-state index contributed by atoms with van der Waals surface area (Å²) in [6.07, 6.45) is -0.658. The van der Waals surface area contributed by atoms with Gasteiger partial charge in [0.1, 0.15) is 13.2 Å². The monoisotopic (exact) mass is 856 g/mol. The zero-order chi connectivity index (χ0) is 45.6. The Bertz CT molecular complexity index is 2350. The number of Topliss-reactive ketones (excluding diaryl/α,β-unsaturated/α-hetero) is 4. The Morgan fingerprint density at radius 3 is 0.922 bits per heavy atom. The highest BCUT2D eigenvalue weighted by atomic mass is 16.6. The summed E-state index contributed by atoms with van der Waals surface area (Å²) in [7, 11) is 7.54. The third kappa shape index (κ3) is 12.1. The van der Waals surface area contributed by atoms with Crippen molar-refractivity contribution in [2.24, 2.45) is 11.8 Å². The molecule has 2 unspecified atom stereocenters. The van der Waals surface area contributed by atoms with E-state index in [0.29, 0.717) is 22.3 Å². The van der Waals surface area contributed by atoms with E-state index >= 15 is 0 Å². The van der Waals surface area contributed by atoms with Crippen LogP contribution in [0.15, 0.2) is 158 Å². The minimum absolute atomic E-state index is 0.0948. The van der Waals surface area contributed by atoms with Gasteiger partial charge in [-0.25, -0.2) is 0 Å². The number of hydrogen-bond donors (Lipinski definition) is 0. The Morgan fingerprint density at radius 2 is 0.641 bits per heavy atom. The highest BCUT2D eigenvalue weighted by molar-refractivity contribution is 6.17. The molecule has 0 aliphatic carbocycles. The third-order valence-corrected chi connectivity index (χ3v) is 11.0. The van der Waals surface area contributed by atoms with E-state index in [2.05, 4.69) is 0 Å². The van der Waals surface area contributed by atoms with Gasteiger partial charge in [-0.1, -0.05) is 109 Å². The molecular weight excluding hydrogens is 805 g/mol. The first-order chi connectivity index (χ1) is 30.9. The first kappa shape index (κ1) is 46.1. The lowest BCUT2D eigenvalue weighted by Crippen LogP contribution is -2.26. The van der Waals surface area contributed by atoms with Crippen molar-refractivity contribution < 1.29 is 38.2 Å². The molecule has 10 heteroatoms. The van der Waals surface area contributed by atoms with Crippen molar-refractivity contribution in [2.75, 3.05) is 51.2 Å². The molecule has 6 rings (SSSR count). The Hall–Kier alpha value is -7.46. The van der Waals surface area contributed by atoms with Gasteiger partial charge in [-0.2, -0.15) is 0 Å². The second kappa shape index (κ2) is 22.1. The van der Waals surface area contributed by atoms with Crippen LogP contribution in [-0.2, 0) is 19.1 Å². The van der Waals surface area contributed by atoms with Crippen LogP contribution in [0.3, 0.4) is 0 Å². The molecule has 0 heterocycles. The molecule has 0 fully saturated rings. The third-order valence-electron chi connectivity index (χ3n) is 11.0. The summed E-state index contributed by atoms with van der Waals surface area (Å²) >= 11 is 0. The van der Waals surface area contributed by atoms with Gasteiger partial charge in [0.2, 0.25) is 0 Å². The zero-order valence-electron chi connectivity index (χ0n) is 36.6. The Morgan fingerprint density at radius 1 is 0.375 bits per heavy atom. The molecule has 0 saturated heterocycles. The topological polar surface area (TPSA) is 127 Å². The second-order valence-corrected chi connectivity index (χ2v) is 15.8. The van der Waals surface area contributed by atoms with E-state index < -0.39 is 46.9 Å². The maximum atomic E-state index is 13.9. The largest absolute Gasteiger partial charge is 0.462 e. The molecule has 0 N–H and O–H groups in total. The van der Waals surface area contributed by atoms with Crippen LogP contribution in [0.25, 0.3) is 22.3 Å². The molecule has 0 bridgehead atoms. The summed E-state index contributed by atoms with van der Waals surface area (Å²) in [5, 5.41) is 0. The SMILES string of the molecule is CN(C)c1ccc(C(=O)C(CCC(=O)OCCOC(=O)CCC(C(=O)c2ccc(-c3ccccc3)cc2)C(=O)c2ccc(N(C)C)cc2)C(=O)c2ccc(-c3ccccc3)cc2)cc1. The van der Waals surface area contributed by atoms with E-state index in [0.717, 1.165) is 33.6 Å². The number of benzene rings is 6. The summed E-state index contributed by atoms with van der Waals surface area (Å²) in [5.41, 5.74) is 6.97. The first-order valence-corrected chi connectivity index (χ1v) is 21.2. The summed E-state index contributed by atoms with van der Waals surface area (Å²) in [6, 6.07) is 47.4. The predicted molar refractivity (Wildman–Crippen MR) is 250 cm³/mol. The minimum Gasteiger partial charge on any atom is -0.462 e. The summed E-state index contributed by atoms with van der Waals surface area (Å²) in [4.78, 5) is 85.2. The summed E-state index contributed by atoms with van der Waals surface area (Å²) in [5.74, 6) is -5.27. The quantitative estimate of drug-likeness (QED) is 0.0299. The highest BCUT2D eigenvalue weighted by Gasteiger charge is 2.31. The van der Waals surface area contributed by atoms with E-state index in [-0.39, 0.29) is 38.9 Å². The van der Waals surface area contributed by atoms with Crippen LogP contribution in [0.5, 0.6) is 0 Å². The van der Waals surface area contributed by atoms with Crippen molar-refractivity contribution in [3.63, 3.8) is 0 Å². The molecule has 10 nitrogen and oxygen atoms in total. The van der Waals surface area contributed by atoms with Crippen molar-refractivity contribution >= 4 is 46.4 Å². The molecule has 0 saturated carbocycles. The van der Waals surface area contributed by atoms with Gasteiger partial charge in [0.25, 0.3) is 0 Å². The first-order valence-electron chi connectivity index (χ1n) is 21.2. The fraction of sp³-hybridized carbons (Fsp3) is 0.222. The van der Waals surface area contributed by atoms with Gasteiger partial charge in [-0.05, 0) is 83.6 Å². The fourth-order valence-corrected chi connectivity index (χ4v) is 7.31. The van der Waals surface area contributed by atoms with E-state index in [9.17, 15) is 28.8 Å². The van der Waals surface area contributed by atoms with E-state index in [1.165, 1.54) is 0 Å². The predicted octanol–water partition coefficient (Wildman–Crippen LogP) is 9.86. The second-order valence-electron chi connectivity index (χ2n) is 15.8. The van der Waals surface area contributed by atoms with Crippen molar-refractivity contribution in [3.8, 4) is 22.3 Å². The molecular formula is C54H52N2O8. The molecule has 326 valence electrons. The number of ether oxygens (including phenoxy) is 2. The Labute approximate surface area is 374 Å². The number of anilines is 2. The van der Waals surface area contributed by atoms with Gasteiger partial charge in [0.05, 0.1) is 11.8 Å². The number of esters is 2. The summed E-state index contributed by atoms with van der Waals surface area (Å²) in [6.45, 7) is -0.533. The number of hydrogen-bond acceptors (Lipinski definition) is 10. The highest BCUT2D eigenvalue weighted by Crippen LogP contribution is 2.27. The molecule has 0 spiro atoms. The molecule has 0 amide bonds. The molecule has 6 aromatic carbocycles.